The fourth-order valence-electron chi connectivity index (χ4n) is 3.61. The van der Waals surface area contributed by atoms with E-state index in [1.54, 1.807) is 19.1 Å². The third-order valence-electron chi connectivity index (χ3n) is 5.39. The minimum absolute atomic E-state index is 0.132. The highest BCUT2D eigenvalue weighted by atomic mass is 19.4. The van der Waals surface area contributed by atoms with Crippen molar-refractivity contribution in [2.45, 2.75) is 19.6 Å². The molecule has 9 heteroatoms. The number of hydrogen-bond donors (Lipinski definition) is 1. The number of aryl methyl sites for hydroxylation is 1. The van der Waals surface area contributed by atoms with Crippen LogP contribution in [0.2, 0.25) is 0 Å². The highest BCUT2D eigenvalue weighted by Crippen LogP contribution is 2.30. The van der Waals surface area contributed by atoms with E-state index in [1.807, 2.05) is 0 Å². The monoisotopic (exact) mass is 481 g/mol. The number of hydrogen-bond acceptors (Lipinski definition) is 3. The van der Waals surface area contributed by atoms with E-state index in [0.29, 0.717) is 22.3 Å². The van der Waals surface area contributed by atoms with E-state index in [-0.39, 0.29) is 23.3 Å². The van der Waals surface area contributed by atoms with Gasteiger partial charge in [-0.25, -0.2) is 9.37 Å². The zero-order chi connectivity index (χ0) is 25.3. The molecule has 5 nitrogen and oxygen atoms in total. The second-order valence-electron chi connectivity index (χ2n) is 7.93. The van der Waals surface area contributed by atoms with Gasteiger partial charge in [0.05, 0.1) is 11.1 Å². The first kappa shape index (κ1) is 23.9. The molecule has 0 fully saturated rings. The van der Waals surface area contributed by atoms with Gasteiger partial charge in [-0.05, 0) is 66.6 Å². The standard InChI is InChI=1S/C26H19F4N3O2/c1-15-3-12-22-24(31-15)25(35)21(16(2)17-4-8-19(27)9-5-17)13-33(22)14-23(34)32-20-10-6-18(7-11-20)26(28,29)30/h3-13H,2,14H2,1H3,(H,32,34). The smallest absolute Gasteiger partial charge is 0.336 e. The van der Waals surface area contributed by atoms with E-state index in [0.717, 1.165) is 24.3 Å². The Morgan fingerprint density at radius 1 is 1.03 bits per heavy atom. The van der Waals surface area contributed by atoms with Crippen LogP contribution in [0.5, 0.6) is 0 Å². The average Bonchev–Trinajstić information content (AvgIpc) is 2.80. The lowest BCUT2D eigenvalue weighted by Crippen LogP contribution is -2.22. The molecule has 1 N–H and O–H groups in total. The molecular weight excluding hydrogens is 462 g/mol. The average molecular weight is 481 g/mol. The molecule has 0 aliphatic heterocycles. The summed E-state index contributed by atoms with van der Waals surface area (Å²) >= 11 is 0. The predicted molar refractivity (Wildman–Crippen MR) is 125 cm³/mol. The van der Waals surface area contributed by atoms with Gasteiger partial charge < -0.3 is 9.88 Å². The van der Waals surface area contributed by atoms with Crippen molar-refractivity contribution in [2.24, 2.45) is 0 Å². The van der Waals surface area contributed by atoms with Crippen LogP contribution in [0.3, 0.4) is 0 Å². The topological polar surface area (TPSA) is 64.0 Å². The Morgan fingerprint density at radius 2 is 1.69 bits per heavy atom. The molecule has 35 heavy (non-hydrogen) atoms. The Hall–Kier alpha value is -4.27. The van der Waals surface area contributed by atoms with Gasteiger partial charge in [-0.3, -0.25) is 9.59 Å². The molecule has 2 aromatic carbocycles. The van der Waals surface area contributed by atoms with Crippen molar-refractivity contribution >= 4 is 28.2 Å². The summed E-state index contributed by atoms with van der Waals surface area (Å²) in [6.45, 7) is 5.46. The van der Waals surface area contributed by atoms with Gasteiger partial charge in [-0.15, -0.1) is 0 Å². The number of carbonyl (C=O) groups is 1. The molecule has 0 aliphatic carbocycles. The fraction of sp³-hybridized carbons (Fsp3) is 0.115. The normalized spacial score (nSPS) is 11.5. The molecule has 0 bridgehead atoms. The predicted octanol–water partition coefficient (Wildman–Crippen LogP) is 5.56. The number of fused-ring (bicyclic) bond motifs is 1. The number of alkyl halides is 3. The summed E-state index contributed by atoms with van der Waals surface area (Å²) in [6.07, 6.45) is -3.01. The van der Waals surface area contributed by atoms with Gasteiger partial charge in [-0.1, -0.05) is 18.7 Å². The van der Waals surface area contributed by atoms with E-state index in [9.17, 15) is 27.2 Å². The van der Waals surface area contributed by atoms with Crippen LogP contribution in [0.25, 0.3) is 16.6 Å². The maximum atomic E-state index is 13.3. The molecule has 4 aromatic rings. The van der Waals surface area contributed by atoms with Crippen LogP contribution < -0.4 is 10.7 Å². The van der Waals surface area contributed by atoms with Crippen molar-refractivity contribution in [3.63, 3.8) is 0 Å². The van der Waals surface area contributed by atoms with Gasteiger partial charge in [-0.2, -0.15) is 13.2 Å². The van der Waals surface area contributed by atoms with Gasteiger partial charge in [0.25, 0.3) is 0 Å². The lowest BCUT2D eigenvalue weighted by Gasteiger charge is -2.15. The van der Waals surface area contributed by atoms with Crippen molar-refractivity contribution in [1.82, 2.24) is 9.55 Å². The summed E-state index contributed by atoms with van der Waals surface area (Å²) in [6, 6.07) is 12.9. The molecular formula is C26H19F4N3O2. The van der Waals surface area contributed by atoms with Crippen molar-refractivity contribution in [3.8, 4) is 0 Å². The second-order valence-corrected chi connectivity index (χ2v) is 7.93. The molecule has 0 unspecified atom stereocenters. The van der Waals surface area contributed by atoms with Gasteiger partial charge in [0, 0.05) is 23.1 Å². The summed E-state index contributed by atoms with van der Waals surface area (Å²) in [4.78, 5) is 30.3. The molecule has 1 amide bonds. The number of pyridine rings is 2. The Labute approximate surface area is 197 Å². The van der Waals surface area contributed by atoms with Crippen LogP contribution >= 0.6 is 0 Å². The van der Waals surface area contributed by atoms with E-state index < -0.39 is 28.9 Å². The lowest BCUT2D eigenvalue weighted by molar-refractivity contribution is -0.137. The summed E-state index contributed by atoms with van der Waals surface area (Å²) in [7, 11) is 0. The summed E-state index contributed by atoms with van der Waals surface area (Å²) in [5, 5.41) is 2.56. The third-order valence-corrected chi connectivity index (χ3v) is 5.39. The molecule has 0 aliphatic rings. The Morgan fingerprint density at radius 3 is 2.31 bits per heavy atom. The molecule has 2 aromatic heterocycles. The first-order valence-corrected chi connectivity index (χ1v) is 10.5. The summed E-state index contributed by atoms with van der Waals surface area (Å²) in [5.41, 5.74) is 1.15. The minimum Gasteiger partial charge on any atom is -0.336 e. The number of halogens is 4. The number of nitrogens with zero attached hydrogens (tertiary/aromatic N) is 2. The van der Waals surface area contributed by atoms with Gasteiger partial charge in [0.2, 0.25) is 11.3 Å². The van der Waals surface area contributed by atoms with Crippen molar-refractivity contribution < 1.29 is 22.4 Å². The molecule has 0 atom stereocenters. The van der Waals surface area contributed by atoms with Crippen molar-refractivity contribution in [3.05, 3.63) is 112 Å². The number of aromatic nitrogens is 2. The van der Waals surface area contributed by atoms with Crippen LogP contribution in [0.1, 0.15) is 22.4 Å². The first-order valence-electron chi connectivity index (χ1n) is 10.5. The maximum absolute atomic E-state index is 13.3. The SMILES string of the molecule is C=C(c1ccc(F)cc1)c1cn(CC(=O)Nc2ccc(C(F)(F)F)cc2)c2ccc(C)nc2c1=O. The number of anilines is 1. The molecule has 0 radical (unpaired) electrons. The number of rotatable bonds is 5. The second kappa shape index (κ2) is 9.17. The largest absolute Gasteiger partial charge is 0.416 e. The maximum Gasteiger partial charge on any atom is 0.416 e. The van der Waals surface area contributed by atoms with Gasteiger partial charge in [0.15, 0.2) is 0 Å². The van der Waals surface area contributed by atoms with E-state index in [2.05, 4.69) is 16.9 Å². The Bertz CT molecular complexity index is 1490. The van der Waals surface area contributed by atoms with E-state index in [4.69, 9.17) is 0 Å². The zero-order valence-electron chi connectivity index (χ0n) is 18.5. The number of carbonyl (C=O) groups excluding carboxylic acids is 1. The van der Waals surface area contributed by atoms with Crippen LogP contribution in [0.4, 0.5) is 23.2 Å². The highest BCUT2D eigenvalue weighted by molar-refractivity contribution is 5.92. The van der Waals surface area contributed by atoms with Crippen LogP contribution in [0.15, 0.2) is 78.2 Å². The van der Waals surface area contributed by atoms with Crippen LogP contribution in [-0.4, -0.2) is 15.5 Å². The van der Waals surface area contributed by atoms with Gasteiger partial charge in [0.1, 0.15) is 17.9 Å². The molecule has 0 saturated heterocycles. The highest BCUT2D eigenvalue weighted by Gasteiger charge is 2.30. The molecule has 178 valence electrons. The Balaban J connectivity index is 1.69. The summed E-state index contributed by atoms with van der Waals surface area (Å²) < 4.78 is 53.2. The molecule has 0 spiro atoms. The van der Waals surface area contributed by atoms with Crippen LogP contribution in [-0.2, 0) is 17.5 Å². The lowest BCUT2D eigenvalue weighted by atomic mass is 10.00. The quantitative estimate of drug-likeness (QED) is 0.380. The van der Waals surface area contributed by atoms with E-state index >= 15 is 0 Å². The Kier molecular flexibility index (Phi) is 6.26. The summed E-state index contributed by atoms with van der Waals surface area (Å²) in [5.74, 6) is -0.955. The van der Waals surface area contributed by atoms with E-state index in [1.165, 1.54) is 35.0 Å². The molecule has 4 rings (SSSR count). The van der Waals surface area contributed by atoms with Gasteiger partial charge >= 0.3 is 6.18 Å². The fourth-order valence-corrected chi connectivity index (χ4v) is 3.61. The zero-order valence-corrected chi connectivity index (χ0v) is 18.5. The molecule has 2 heterocycles. The van der Waals surface area contributed by atoms with Crippen molar-refractivity contribution in [1.29, 1.82) is 0 Å². The molecule has 0 saturated carbocycles. The third kappa shape index (κ3) is 5.13. The van der Waals surface area contributed by atoms with Crippen LogP contribution in [0, 0.1) is 12.7 Å². The first-order chi connectivity index (χ1) is 16.5. The minimum atomic E-state index is -4.48. The number of amides is 1. The van der Waals surface area contributed by atoms with Crippen molar-refractivity contribution in [2.75, 3.05) is 5.32 Å². The number of nitrogens with one attached hydrogen (secondary N) is 1. The number of benzene rings is 2.